The molecule has 6 nitrogen and oxygen atoms in total. The van der Waals surface area contributed by atoms with Crippen molar-refractivity contribution in [3.63, 3.8) is 0 Å². The van der Waals surface area contributed by atoms with Crippen molar-refractivity contribution in [2.45, 2.75) is 83.7 Å². The van der Waals surface area contributed by atoms with E-state index in [2.05, 4.69) is 31.4 Å². The second kappa shape index (κ2) is 7.85. The van der Waals surface area contributed by atoms with Crippen LogP contribution in [0.25, 0.3) is 0 Å². The highest BCUT2D eigenvalue weighted by Crippen LogP contribution is 2.61. The molecule has 1 aliphatic heterocycles. The van der Waals surface area contributed by atoms with E-state index >= 15 is 0 Å². The van der Waals surface area contributed by atoms with E-state index in [4.69, 9.17) is 0 Å². The van der Waals surface area contributed by atoms with E-state index in [1.54, 1.807) is 6.92 Å². The molecular weight excluding hydrogens is 414 g/mol. The molecule has 2 N–H and O–H groups in total. The summed E-state index contributed by atoms with van der Waals surface area (Å²) >= 11 is 0. The fourth-order valence-corrected chi connectivity index (χ4v) is 7.53. The molecule has 5 aliphatic rings. The maximum absolute atomic E-state index is 13.3. The molecule has 6 rings (SSSR count). The maximum atomic E-state index is 13.3. The Balaban J connectivity index is 1.25. The molecule has 2 atom stereocenters. The predicted molar refractivity (Wildman–Crippen MR) is 126 cm³/mol. The molecule has 1 heterocycles. The molecule has 5 fully saturated rings. The van der Waals surface area contributed by atoms with E-state index in [0.717, 1.165) is 28.2 Å². The van der Waals surface area contributed by atoms with E-state index in [-0.39, 0.29) is 29.8 Å². The first-order chi connectivity index (χ1) is 15.6. The number of amides is 4. The highest BCUT2D eigenvalue weighted by molar-refractivity contribution is 6.09. The average molecular weight is 452 g/mol. The van der Waals surface area contributed by atoms with Gasteiger partial charge in [-0.25, -0.2) is 4.79 Å². The van der Waals surface area contributed by atoms with Crippen molar-refractivity contribution in [2.75, 3.05) is 6.54 Å². The number of hydrogen-bond donors (Lipinski definition) is 2. The Kier molecular flexibility index (Phi) is 5.33. The molecule has 4 bridgehead atoms. The molecule has 0 aromatic heterocycles. The van der Waals surface area contributed by atoms with Crippen LogP contribution < -0.4 is 10.6 Å². The van der Waals surface area contributed by atoms with Crippen LogP contribution in [-0.2, 0) is 15.1 Å². The van der Waals surface area contributed by atoms with E-state index in [1.807, 2.05) is 24.3 Å². The Labute approximate surface area is 196 Å². The quantitative estimate of drug-likeness (QED) is 0.633. The van der Waals surface area contributed by atoms with Gasteiger partial charge in [0.05, 0.1) is 0 Å². The first-order valence-electron chi connectivity index (χ1n) is 12.6. The first kappa shape index (κ1) is 22.4. The number of hydrogen-bond acceptors (Lipinski definition) is 3. The maximum Gasteiger partial charge on any atom is 0.325 e. The van der Waals surface area contributed by atoms with Gasteiger partial charge in [0.2, 0.25) is 5.91 Å². The summed E-state index contributed by atoms with van der Waals surface area (Å²) in [5.74, 6) is 2.19. The van der Waals surface area contributed by atoms with Gasteiger partial charge >= 0.3 is 6.03 Å². The van der Waals surface area contributed by atoms with Crippen LogP contribution in [0.4, 0.5) is 4.79 Å². The monoisotopic (exact) mass is 451 g/mol. The third-order valence-electron chi connectivity index (χ3n) is 9.11. The minimum Gasteiger partial charge on any atom is -0.352 e. The Bertz CT molecular complexity index is 934. The first-order valence-corrected chi connectivity index (χ1v) is 12.6. The summed E-state index contributed by atoms with van der Waals surface area (Å²) in [4.78, 5) is 40.0. The molecule has 0 unspecified atom stereocenters. The lowest BCUT2D eigenvalue weighted by atomic mass is 9.48. The molecular formula is C27H37N3O3. The van der Waals surface area contributed by atoms with Crippen molar-refractivity contribution in [2.24, 2.45) is 23.2 Å². The van der Waals surface area contributed by atoms with Gasteiger partial charge in [0.15, 0.2) is 0 Å². The van der Waals surface area contributed by atoms with Crippen molar-refractivity contribution in [1.29, 1.82) is 0 Å². The lowest BCUT2D eigenvalue weighted by Gasteiger charge is -2.59. The zero-order valence-electron chi connectivity index (χ0n) is 20.3. The van der Waals surface area contributed by atoms with Crippen LogP contribution in [0, 0.1) is 23.2 Å². The largest absolute Gasteiger partial charge is 0.352 e. The third-order valence-corrected chi connectivity index (χ3v) is 9.11. The van der Waals surface area contributed by atoms with E-state index in [0.29, 0.717) is 5.92 Å². The Morgan fingerprint density at radius 1 is 1.03 bits per heavy atom. The Morgan fingerprint density at radius 3 is 2.09 bits per heavy atom. The highest BCUT2D eigenvalue weighted by atomic mass is 16.2. The molecule has 4 amide bonds. The molecule has 33 heavy (non-hydrogen) atoms. The lowest BCUT2D eigenvalue weighted by molar-refractivity contribution is -0.136. The molecule has 6 heteroatoms. The summed E-state index contributed by atoms with van der Waals surface area (Å²) < 4.78 is 0. The number of nitrogens with zero attached hydrogens (tertiary/aromatic N) is 1. The van der Waals surface area contributed by atoms with E-state index < -0.39 is 11.6 Å². The zero-order valence-corrected chi connectivity index (χ0v) is 20.3. The summed E-state index contributed by atoms with van der Waals surface area (Å²) in [6.45, 7) is 7.83. The van der Waals surface area contributed by atoms with Gasteiger partial charge in [-0.3, -0.25) is 14.5 Å². The Morgan fingerprint density at radius 2 is 1.58 bits per heavy atom. The van der Waals surface area contributed by atoms with Crippen LogP contribution in [0.3, 0.4) is 0 Å². The highest BCUT2D eigenvalue weighted by Gasteiger charge is 2.54. The van der Waals surface area contributed by atoms with Crippen LogP contribution in [0.15, 0.2) is 24.3 Å². The second-order valence-corrected chi connectivity index (χ2v) is 11.8. The van der Waals surface area contributed by atoms with Gasteiger partial charge in [-0.15, -0.1) is 0 Å². The molecule has 178 valence electrons. The van der Waals surface area contributed by atoms with Gasteiger partial charge in [-0.2, -0.15) is 0 Å². The number of urea groups is 1. The summed E-state index contributed by atoms with van der Waals surface area (Å²) in [6.07, 6.45) is 7.69. The van der Waals surface area contributed by atoms with Crippen LogP contribution in [-0.4, -0.2) is 35.3 Å². The molecule has 4 saturated carbocycles. The number of imide groups is 1. The average Bonchev–Trinajstić information content (AvgIpc) is 2.96. The van der Waals surface area contributed by atoms with Crippen molar-refractivity contribution in [3.8, 4) is 0 Å². The SMILES string of the molecule is CC(C)c1ccc([C@]2(C)NC(=O)N(CC(=O)N[C@@H](C)C34CC5CC(CC(C5)C3)C4)C2=O)cc1. The standard InChI is InChI=1S/C27H37N3O3/c1-16(2)21-5-7-22(8-6-21)26(4)24(32)30(25(33)29-26)15-23(31)28-17(3)27-12-18-9-19(13-27)11-20(10-18)14-27/h5-8,16-20H,9-15H2,1-4H3,(H,28,31)(H,29,33)/t17-,18?,19?,20?,26-,27?/m0/s1. The summed E-state index contributed by atoms with van der Waals surface area (Å²) in [5, 5.41) is 6.00. The zero-order chi connectivity index (χ0) is 23.5. The predicted octanol–water partition coefficient (Wildman–Crippen LogP) is 4.30. The van der Waals surface area contributed by atoms with Crippen LogP contribution in [0.2, 0.25) is 0 Å². The molecule has 1 saturated heterocycles. The number of carbonyl (C=O) groups excluding carboxylic acids is 3. The summed E-state index contributed by atoms with van der Waals surface area (Å²) in [7, 11) is 0. The second-order valence-electron chi connectivity index (χ2n) is 11.8. The number of carbonyl (C=O) groups is 3. The molecule has 1 aromatic carbocycles. The van der Waals surface area contributed by atoms with Gasteiger partial charge < -0.3 is 10.6 Å². The molecule has 4 aliphatic carbocycles. The summed E-state index contributed by atoms with van der Waals surface area (Å²) in [6, 6.07) is 7.33. The van der Waals surface area contributed by atoms with Crippen molar-refractivity contribution < 1.29 is 14.4 Å². The number of nitrogens with one attached hydrogen (secondary N) is 2. The van der Waals surface area contributed by atoms with Gasteiger partial charge in [0, 0.05) is 6.04 Å². The van der Waals surface area contributed by atoms with Crippen molar-refractivity contribution in [3.05, 3.63) is 35.4 Å². The smallest absolute Gasteiger partial charge is 0.325 e. The van der Waals surface area contributed by atoms with Crippen LogP contribution in [0.1, 0.15) is 83.3 Å². The Hall–Kier alpha value is -2.37. The third kappa shape index (κ3) is 3.75. The van der Waals surface area contributed by atoms with E-state index in [1.165, 1.54) is 44.1 Å². The molecule has 0 spiro atoms. The van der Waals surface area contributed by atoms with Crippen LogP contribution >= 0.6 is 0 Å². The number of benzene rings is 1. The van der Waals surface area contributed by atoms with Gasteiger partial charge in [-0.1, -0.05) is 38.1 Å². The minimum atomic E-state index is -1.15. The fourth-order valence-electron chi connectivity index (χ4n) is 7.53. The van der Waals surface area contributed by atoms with Gasteiger partial charge in [0.1, 0.15) is 12.1 Å². The summed E-state index contributed by atoms with van der Waals surface area (Å²) in [5.41, 5.74) is 0.941. The minimum absolute atomic E-state index is 0.0640. The topological polar surface area (TPSA) is 78.5 Å². The van der Waals surface area contributed by atoms with Gasteiger partial charge in [-0.05, 0) is 92.6 Å². The molecule has 1 aromatic rings. The van der Waals surface area contributed by atoms with Crippen molar-refractivity contribution >= 4 is 17.8 Å². The molecule has 0 radical (unpaired) electrons. The number of rotatable bonds is 6. The van der Waals surface area contributed by atoms with Gasteiger partial charge in [0.25, 0.3) is 5.91 Å². The normalized spacial score (nSPS) is 35.8. The lowest BCUT2D eigenvalue weighted by Crippen LogP contribution is -2.57. The van der Waals surface area contributed by atoms with Crippen LogP contribution in [0.5, 0.6) is 0 Å². The van der Waals surface area contributed by atoms with E-state index in [9.17, 15) is 14.4 Å². The fraction of sp³-hybridized carbons (Fsp3) is 0.667. The van der Waals surface area contributed by atoms with Crippen molar-refractivity contribution in [1.82, 2.24) is 15.5 Å².